The Morgan fingerprint density at radius 2 is 2.04 bits per heavy atom. The van der Waals surface area contributed by atoms with Crippen molar-refractivity contribution >= 4 is 40.8 Å². The number of anilines is 2. The largest absolute Gasteiger partial charge is 0.360 e. The monoisotopic (exact) mass is 378 g/mol. The molecule has 10 heteroatoms. The number of thioether (sulfide) groups is 1. The predicted molar refractivity (Wildman–Crippen MR) is 98.3 cm³/mol. The molecule has 2 N–H and O–H groups in total. The van der Waals surface area contributed by atoms with Crippen molar-refractivity contribution in [2.75, 3.05) is 16.4 Å². The quantitative estimate of drug-likeness (QED) is 0.560. The van der Waals surface area contributed by atoms with E-state index in [1.54, 1.807) is 39.0 Å². The van der Waals surface area contributed by atoms with Crippen molar-refractivity contribution < 1.29 is 19.0 Å². The van der Waals surface area contributed by atoms with Crippen LogP contribution in [0.1, 0.15) is 18.2 Å². The van der Waals surface area contributed by atoms with Gasteiger partial charge >= 0.3 is 0 Å². The van der Waals surface area contributed by atoms with Crippen LogP contribution in [0.2, 0.25) is 0 Å². The maximum Gasteiger partial charge on any atom is 0.274 e. The van der Waals surface area contributed by atoms with Gasteiger partial charge in [-0.05, 0) is 26.8 Å². The molecule has 0 radical (unpaired) electrons. The summed E-state index contributed by atoms with van der Waals surface area (Å²) in [6.07, 6.45) is 0. The summed E-state index contributed by atoms with van der Waals surface area (Å²) in [4.78, 5) is 34.5. The summed E-state index contributed by atoms with van der Waals surface area (Å²) in [5.41, 5.74) is 0.782. The Kier molecular flexibility index (Phi) is 6.34. The average molecular weight is 378 g/mol. The molecule has 138 valence electrons. The molecule has 0 aliphatic carbocycles. The van der Waals surface area contributed by atoms with E-state index in [1.807, 2.05) is 0 Å². The van der Waals surface area contributed by atoms with Crippen molar-refractivity contribution in [1.29, 1.82) is 0 Å². The number of rotatable bonds is 7. The average Bonchev–Trinajstić information content (AvgIpc) is 2.99. The number of nitro benzene ring substituents is 1. The highest BCUT2D eigenvalue weighted by Crippen LogP contribution is 2.22. The molecule has 2 rings (SSSR count). The van der Waals surface area contributed by atoms with Crippen molar-refractivity contribution in [2.24, 2.45) is 0 Å². The molecule has 26 heavy (non-hydrogen) atoms. The van der Waals surface area contributed by atoms with Crippen LogP contribution in [0.3, 0.4) is 0 Å². The first-order chi connectivity index (χ1) is 12.3. The minimum absolute atomic E-state index is 0.0219. The fourth-order valence-electron chi connectivity index (χ4n) is 2.01. The molecule has 9 nitrogen and oxygen atoms in total. The Morgan fingerprint density at radius 3 is 2.65 bits per heavy atom. The van der Waals surface area contributed by atoms with Crippen molar-refractivity contribution in [3.63, 3.8) is 0 Å². The highest BCUT2D eigenvalue weighted by atomic mass is 32.2. The number of nitrogens with zero attached hydrogens (tertiary/aromatic N) is 2. The van der Waals surface area contributed by atoms with E-state index in [1.165, 1.54) is 6.07 Å². The van der Waals surface area contributed by atoms with Gasteiger partial charge in [0.05, 0.1) is 15.9 Å². The van der Waals surface area contributed by atoms with Gasteiger partial charge in [-0.2, -0.15) is 0 Å². The van der Waals surface area contributed by atoms with Gasteiger partial charge in [0, 0.05) is 23.4 Å². The van der Waals surface area contributed by atoms with Crippen LogP contribution in [-0.4, -0.2) is 32.9 Å². The number of hydrogen-bond donors (Lipinski definition) is 2. The zero-order chi connectivity index (χ0) is 19.3. The van der Waals surface area contributed by atoms with Crippen molar-refractivity contribution in [3.05, 3.63) is 45.7 Å². The third-order valence-corrected chi connectivity index (χ3v) is 4.55. The van der Waals surface area contributed by atoms with Crippen molar-refractivity contribution in [3.8, 4) is 0 Å². The molecule has 0 fully saturated rings. The van der Waals surface area contributed by atoms with Crippen LogP contribution < -0.4 is 10.6 Å². The number of amides is 2. The second-order valence-corrected chi connectivity index (χ2v) is 6.90. The van der Waals surface area contributed by atoms with Gasteiger partial charge in [-0.15, -0.1) is 11.8 Å². The summed E-state index contributed by atoms with van der Waals surface area (Å²) in [6, 6.07) is 6.05. The number of benzene rings is 1. The molecule has 0 spiro atoms. The Hall–Kier alpha value is -2.88. The predicted octanol–water partition coefficient (Wildman–Crippen LogP) is 2.90. The molecule has 2 aromatic rings. The molecule has 0 bridgehead atoms. The molecule has 0 aliphatic heterocycles. The van der Waals surface area contributed by atoms with Gasteiger partial charge in [0.1, 0.15) is 5.76 Å². The normalized spacial score (nSPS) is 11.7. The fraction of sp³-hybridized carbons (Fsp3) is 0.312. The van der Waals surface area contributed by atoms with Crippen LogP contribution in [0.25, 0.3) is 0 Å². The summed E-state index contributed by atoms with van der Waals surface area (Å²) >= 11 is 1.14. The SMILES string of the molecule is Cc1cc(NC(=O)C(C)SCC(=O)Nc2ccc(C)c([N+](=O)[O-])c2)no1. The minimum Gasteiger partial charge on any atom is -0.360 e. The Labute approximate surface area is 153 Å². The van der Waals surface area contributed by atoms with Crippen LogP contribution in [0.5, 0.6) is 0 Å². The lowest BCUT2D eigenvalue weighted by Crippen LogP contribution is -2.25. The lowest BCUT2D eigenvalue weighted by Gasteiger charge is -2.10. The molecule has 0 aliphatic rings. The summed E-state index contributed by atoms with van der Waals surface area (Å²) in [5.74, 6) is 0.254. The molecule has 1 atom stereocenters. The number of carbonyl (C=O) groups is 2. The summed E-state index contributed by atoms with van der Waals surface area (Å²) < 4.78 is 4.86. The molecular weight excluding hydrogens is 360 g/mol. The maximum atomic E-state index is 12.0. The van der Waals surface area contributed by atoms with E-state index in [9.17, 15) is 19.7 Å². The number of aromatic nitrogens is 1. The van der Waals surface area contributed by atoms with Gasteiger partial charge < -0.3 is 15.2 Å². The zero-order valence-electron chi connectivity index (χ0n) is 14.4. The van der Waals surface area contributed by atoms with E-state index in [-0.39, 0.29) is 23.3 Å². The fourth-order valence-corrected chi connectivity index (χ4v) is 2.69. The molecule has 0 saturated heterocycles. The van der Waals surface area contributed by atoms with E-state index in [4.69, 9.17) is 4.52 Å². The van der Waals surface area contributed by atoms with Gasteiger partial charge in [-0.1, -0.05) is 11.2 Å². The first-order valence-corrected chi connectivity index (χ1v) is 8.72. The number of hydrogen-bond acceptors (Lipinski definition) is 7. The highest BCUT2D eigenvalue weighted by Gasteiger charge is 2.17. The van der Waals surface area contributed by atoms with Crippen LogP contribution in [-0.2, 0) is 9.59 Å². The Balaban J connectivity index is 1.85. The smallest absolute Gasteiger partial charge is 0.274 e. The van der Waals surface area contributed by atoms with Gasteiger partial charge in [0.2, 0.25) is 11.8 Å². The molecule has 0 saturated carbocycles. The third-order valence-electron chi connectivity index (χ3n) is 3.40. The first-order valence-electron chi connectivity index (χ1n) is 7.67. The first kappa shape index (κ1) is 19.4. The standard InChI is InChI=1S/C16H18N4O5S/c1-9-4-5-12(7-13(9)20(23)24)17-15(21)8-26-11(3)16(22)18-14-6-10(2)25-19-14/h4-7,11H,8H2,1-3H3,(H,17,21)(H,18,19,22). The van der Waals surface area contributed by atoms with E-state index >= 15 is 0 Å². The summed E-state index contributed by atoms with van der Waals surface area (Å²) in [6.45, 7) is 4.99. The van der Waals surface area contributed by atoms with Gasteiger partial charge in [-0.25, -0.2) is 0 Å². The summed E-state index contributed by atoms with van der Waals surface area (Å²) in [7, 11) is 0. The lowest BCUT2D eigenvalue weighted by atomic mass is 10.2. The van der Waals surface area contributed by atoms with Crippen molar-refractivity contribution in [1.82, 2.24) is 5.16 Å². The van der Waals surface area contributed by atoms with E-state index in [0.29, 0.717) is 22.8 Å². The molecule has 1 aromatic carbocycles. The van der Waals surface area contributed by atoms with E-state index in [0.717, 1.165) is 11.8 Å². The molecule has 1 unspecified atom stereocenters. The van der Waals surface area contributed by atoms with E-state index < -0.39 is 10.2 Å². The highest BCUT2D eigenvalue weighted by molar-refractivity contribution is 8.01. The molecular formula is C16H18N4O5S. The van der Waals surface area contributed by atoms with Gasteiger partial charge in [0.15, 0.2) is 5.82 Å². The van der Waals surface area contributed by atoms with E-state index in [2.05, 4.69) is 15.8 Å². The minimum atomic E-state index is -0.502. The number of nitrogens with one attached hydrogen (secondary N) is 2. The maximum absolute atomic E-state index is 12.0. The third kappa shape index (κ3) is 5.31. The van der Waals surface area contributed by atoms with Crippen LogP contribution >= 0.6 is 11.8 Å². The Morgan fingerprint density at radius 1 is 1.31 bits per heavy atom. The topological polar surface area (TPSA) is 127 Å². The van der Waals surface area contributed by atoms with Crippen LogP contribution in [0.4, 0.5) is 17.2 Å². The number of carbonyl (C=O) groups excluding carboxylic acids is 2. The number of nitro groups is 1. The summed E-state index contributed by atoms with van der Waals surface area (Å²) in [5, 5.41) is 19.3. The zero-order valence-corrected chi connectivity index (χ0v) is 15.3. The lowest BCUT2D eigenvalue weighted by molar-refractivity contribution is -0.385. The molecule has 1 heterocycles. The second-order valence-electron chi connectivity index (χ2n) is 5.57. The van der Waals surface area contributed by atoms with Crippen LogP contribution in [0, 0.1) is 24.0 Å². The molecule has 2 amide bonds. The second kappa shape index (κ2) is 8.48. The van der Waals surface area contributed by atoms with Gasteiger partial charge in [0.25, 0.3) is 5.69 Å². The van der Waals surface area contributed by atoms with Gasteiger partial charge in [-0.3, -0.25) is 19.7 Å². The van der Waals surface area contributed by atoms with Crippen LogP contribution in [0.15, 0.2) is 28.8 Å². The Bertz CT molecular complexity index is 836. The van der Waals surface area contributed by atoms with Crippen molar-refractivity contribution in [2.45, 2.75) is 26.0 Å². The number of aryl methyl sites for hydroxylation is 2. The molecule has 1 aromatic heterocycles.